The van der Waals surface area contributed by atoms with Gasteiger partial charge in [0.1, 0.15) is 0 Å². The minimum Gasteiger partial charge on any atom is -0.211 e. The van der Waals surface area contributed by atoms with Gasteiger partial charge in [-0.3, -0.25) is 0 Å². The molecule has 0 aromatic heterocycles. The van der Waals surface area contributed by atoms with Crippen LogP contribution in [0.1, 0.15) is 26.3 Å². The van der Waals surface area contributed by atoms with Gasteiger partial charge < -0.3 is 0 Å². The summed E-state index contributed by atoms with van der Waals surface area (Å²) in [6.45, 7) is 6.48. The lowest BCUT2D eigenvalue weighted by atomic mass is 10.0. The van der Waals surface area contributed by atoms with Gasteiger partial charge >= 0.3 is 0 Å². The van der Waals surface area contributed by atoms with Crippen LogP contribution in [-0.2, 0) is 16.4 Å². The van der Waals surface area contributed by atoms with Crippen molar-refractivity contribution in [2.24, 2.45) is 5.92 Å². The molecule has 1 aromatic carbocycles. The van der Waals surface area contributed by atoms with Crippen molar-refractivity contribution in [1.82, 2.24) is 4.72 Å². The lowest BCUT2D eigenvalue weighted by Crippen LogP contribution is -2.23. The van der Waals surface area contributed by atoms with Gasteiger partial charge in [0.25, 0.3) is 0 Å². The van der Waals surface area contributed by atoms with Crippen molar-refractivity contribution in [3.8, 4) is 0 Å². The molecule has 18 heavy (non-hydrogen) atoms. The highest BCUT2D eigenvalue weighted by Crippen LogP contribution is 2.19. The summed E-state index contributed by atoms with van der Waals surface area (Å²) in [5, 5.41) is 0. The van der Waals surface area contributed by atoms with Crippen LogP contribution in [0.4, 0.5) is 0 Å². The molecule has 1 aromatic rings. The summed E-state index contributed by atoms with van der Waals surface area (Å²) in [7, 11) is -3.33. The number of rotatable bonds is 6. The molecule has 5 heteroatoms. The zero-order valence-corrected chi connectivity index (χ0v) is 13.4. The van der Waals surface area contributed by atoms with Gasteiger partial charge in [-0.2, -0.15) is 0 Å². The molecule has 3 nitrogen and oxygen atoms in total. The second kappa shape index (κ2) is 6.68. The van der Waals surface area contributed by atoms with Crippen molar-refractivity contribution in [2.75, 3.05) is 6.54 Å². The first-order valence-electron chi connectivity index (χ1n) is 6.09. The van der Waals surface area contributed by atoms with Gasteiger partial charge in [0.2, 0.25) is 10.0 Å². The van der Waals surface area contributed by atoms with E-state index in [1.54, 1.807) is 19.1 Å². The second-order valence-corrected chi connectivity index (χ2v) is 7.55. The Morgan fingerprint density at radius 3 is 2.22 bits per heavy atom. The van der Waals surface area contributed by atoms with E-state index in [4.69, 9.17) is 0 Å². The maximum atomic E-state index is 11.8. The number of alkyl halides is 1. The number of benzene rings is 1. The minimum atomic E-state index is -3.33. The van der Waals surface area contributed by atoms with Crippen molar-refractivity contribution < 1.29 is 8.42 Å². The first-order chi connectivity index (χ1) is 8.36. The Labute approximate surface area is 118 Å². The van der Waals surface area contributed by atoms with E-state index in [1.165, 1.54) is 0 Å². The molecule has 1 N–H and O–H groups in total. The van der Waals surface area contributed by atoms with Crippen molar-refractivity contribution in [1.29, 1.82) is 0 Å². The maximum Gasteiger partial charge on any atom is 0.240 e. The normalized spacial score (nSPS) is 13.8. The third-order valence-corrected chi connectivity index (χ3v) is 5.66. The summed E-state index contributed by atoms with van der Waals surface area (Å²) in [4.78, 5) is 0.734. The summed E-state index contributed by atoms with van der Waals surface area (Å²) >= 11 is 3.63. The van der Waals surface area contributed by atoms with E-state index >= 15 is 0 Å². The van der Waals surface area contributed by atoms with Crippen LogP contribution in [0.15, 0.2) is 29.2 Å². The van der Waals surface area contributed by atoms with Gasteiger partial charge in [-0.1, -0.05) is 48.8 Å². The van der Waals surface area contributed by atoms with Crippen LogP contribution in [-0.4, -0.2) is 19.8 Å². The molecule has 0 spiro atoms. The van der Waals surface area contributed by atoms with Gasteiger partial charge in [0.05, 0.1) is 4.90 Å². The third kappa shape index (κ3) is 4.37. The molecule has 0 saturated heterocycles. The van der Waals surface area contributed by atoms with Gasteiger partial charge in [-0.05, 0) is 30.0 Å². The fourth-order valence-electron chi connectivity index (χ4n) is 1.54. The fraction of sp³-hybridized carbons (Fsp3) is 0.538. The molecule has 1 unspecified atom stereocenters. The number of sulfonamides is 1. The van der Waals surface area contributed by atoms with E-state index in [0.29, 0.717) is 22.2 Å². The molecule has 102 valence electrons. The molecular formula is C13H20BrNO2S. The summed E-state index contributed by atoms with van der Waals surface area (Å²) in [5.41, 5.74) is 1.14. The molecule has 0 aliphatic heterocycles. The van der Waals surface area contributed by atoms with Crippen LogP contribution in [0.3, 0.4) is 0 Å². The van der Waals surface area contributed by atoms with Crippen LogP contribution in [0.25, 0.3) is 0 Å². The van der Waals surface area contributed by atoms with Crippen LogP contribution in [0, 0.1) is 5.92 Å². The highest BCUT2D eigenvalue weighted by Gasteiger charge is 2.13. The molecule has 0 aliphatic carbocycles. The van der Waals surface area contributed by atoms with Crippen molar-refractivity contribution in [3.05, 3.63) is 29.8 Å². The quantitative estimate of drug-likeness (QED) is 0.813. The molecule has 0 aliphatic rings. The van der Waals surface area contributed by atoms with Crippen LogP contribution >= 0.6 is 15.9 Å². The SMILES string of the molecule is CCNS(=O)(=O)c1ccc(CC(Br)C(C)C)cc1. The summed E-state index contributed by atoms with van der Waals surface area (Å²) in [6, 6.07) is 7.07. The number of halogens is 1. The van der Waals surface area contributed by atoms with Crippen LogP contribution in [0.2, 0.25) is 0 Å². The number of hydrogen-bond donors (Lipinski definition) is 1. The third-order valence-electron chi connectivity index (χ3n) is 2.72. The molecule has 0 bridgehead atoms. The standard InChI is InChI=1S/C13H20BrNO2S/c1-4-15-18(16,17)12-7-5-11(6-8-12)9-13(14)10(2)3/h5-8,10,13,15H,4,9H2,1-3H3. The molecular weight excluding hydrogens is 314 g/mol. The Bertz CT molecular complexity index is 468. The highest BCUT2D eigenvalue weighted by atomic mass is 79.9. The van der Waals surface area contributed by atoms with Gasteiger partial charge in [0.15, 0.2) is 0 Å². The number of hydrogen-bond acceptors (Lipinski definition) is 2. The van der Waals surface area contributed by atoms with Crippen LogP contribution in [0.5, 0.6) is 0 Å². The van der Waals surface area contributed by atoms with Crippen molar-refractivity contribution in [2.45, 2.75) is 36.9 Å². The first kappa shape index (κ1) is 15.7. The van der Waals surface area contributed by atoms with Gasteiger partial charge in [-0.15, -0.1) is 0 Å². The Balaban J connectivity index is 2.81. The predicted octanol–water partition coefficient (Wildman–Crippen LogP) is 2.95. The van der Waals surface area contributed by atoms with E-state index in [-0.39, 0.29) is 0 Å². The highest BCUT2D eigenvalue weighted by molar-refractivity contribution is 9.09. The average Bonchev–Trinajstić information content (AvgIpc) is 2.29. The average molecular weight is 334 g/mol. The predicted molar refractivity (Wildman–Crippen MR) is 78.6 cm³/mol. The maximum absolute atomic E-state index is 11.8. The smallest absolute Gasteiger partial charge is 0.211 e. The molecule has 0 fully saturated rings. The zero-order chi connectivity index (χ0) is 13.8. The Morgan fingerprint density at radius 2 is 1.78 bits per heavy atom. The van der Waals surface area contributed by atoms with E-state index in [1.807, 2.05) is 12.1 Å². The second-order valence-electron chi connectivity index (χ2n) is 4.61. The van der Waals surface area contributed by atoms with Gasteiger partial charge in [-0.25, -0.2) is 13.1 Å². The van der Waals surface area contributed by atoms with Crippen molar-refractivity contribution in [3.63, 3.8) is 0 Å². The van der Waals surface area contributed by atoms with Crippen LogP contribution < -0.4 is 4.72 Å². The summed E-state index contributed by atoms with van der Waals surface area (Å²) in [6.07, 6.45) is 0.902. The van der Waals surface area contributed by atoms with E-state index in [2.05, 4.69) is 34.5 Å². The lowest BCUT2D eigenvalue weighted by molar-refractivity contribution is 0.583. The molecule has 1 atom stereocenters. The molecule has 1 rings (SSSR count). The molecule has 0 amide bonds. The number of nitrogens with one attached hydrogen (secondary N) is 1. The largest absolute Gasteiger partial charge is 0.240 e. The minimum absolute atomic E-state index is 0.323. The van der Waals surface area contributed by atoms with Gasteiger partial charge in [0, 0.05) is 11.4 Å². The topological polar surface area (TPSA) is 46.2 Å². The fourth-order valence-corrected chi connectivity index (χ4v) is 2.95. The zero-order valence-electron chi connectivity index (χ0n) is 11.0. The Morgan fingerprint density at radius 1 is 1.22 bits per heavy atom. The lowest BCUT2D eigenvalue weighted by Gasteiger charge is -2.13. The first-order valence-corrected chi connectivity index (χ1v) is 8.49. The molecule has 0 radical (unpaired) electrons. The summed E-state index contributed by atoms with van der Waals surface area (Å²) in [5.74, 6) is 0.551. The van der Waals surface area contributed by atoms with E-state index in [0.717, 1.165) is 12.0 Å². The monoisotopic (exact) mass is 333 g/mol. The Kier molecular flexibility index (Phi) is 5.82. The van der Waals surface area contributed by atoms with E-state index < -0.39 is 10.0 Å². The van der Waals surface area contributed by atoms with Crippen molar-refractivity contribution >= 4 is 26.0 Å². The summed E-state index contributed by atoms with van der Waals surface area (Å²) < 4.78 is 26.0. The van der Waals surface area contributed by atoms with E-state index in [9.17, 15) is 8.42 Å². The molecule has 0 saturated carbocycles. The Hall–Kier alpha value is -0.390. The molecule has 0 heterocycles.